The first-order valence-corrected chi connectivity index (χ1v) is 10.7. The number of rotatable bonds is 8. The number of ether oxygens (including phenoxy) is 1. The summed E-state index contributed by atoms with van der Waals surface area (Å²) in [5, 5.41) is 0. The quantitative estimate of drug-likeness (QED) is 0.522. The molecule has 0 radical (unpaired) electrons. The molecule has 0 unspecified atom stereocenters. The lowest BCUT2D eigenvalue weighted by Crippen LogP contribution is -2.30. The lowest BCUT2D eigenvalue weighted by atomic mass is 10.2. The molecule has 3 rings (SSSR count). The molecule has 0 N–H and O–H groups in total. The highest BCUT2D eigenvalue weighted by atomic mass is 32.2. The molecule has 0 fully saturated rings. The summed E-state index contributed by atoms with van der Waals surface area (Å²) in [4.78, 5) is 16.5. The van der Waals surface area contributed by atoms with Gasteiger partial charge in [-0.3, -0.25) is 0 Å². The molecule has 3 aromatic rings. The summed E-state index contributed by atoms with van der Waals surface area (Å²) in [5.74, 6) is 0.275. The summed E-state index contributed by atoms with van der Waals surface area (Å²) in [5.41, 5.74) is 1.13. The largest absolute Gasteiger partial charge is 0.452 e. The number of sulfonamides is 1. The highest BCUT2D eigenvalue weighted by Crippen LogP contribution is 2.21. The van der Waals surface area contributed by atoms with E-state index in [1.807, 2.05) is 30.3 Å². The average Bonchev–Trinajstić information content (AvgIpc) is 3.22. The Hall–Kier alpha value is -2.97. The van der Waals surface area contributed by atoms with Crippen LogP contribution in [0.5, 0.6) is 0 Å². The summed E-state index contributed by atoms with van der Waals surface area (Å²) < 4.78 is 37.2. The van der Waals surface area contributed by atoms with E-state index in [0.29, 0.717) is 18.8 Å². The second-order valence-electron chi connectivity index (χ2n) is 6.17. The minimum Gasteiger partial charge on any atom is -0.452 e. The Bertz CT molecular complexity index is 1060. The van der Waals surface area contributed by atoms with Gasteiger partial charge in [0.2, 0.25) is 15.9 Å². The highest BCUT2D eigenvalue weighted by molar-refractivity contribution is 7.89. The Labute approximate surface area is 170 Å². The van der Waals surface area contributed by atoms with Gasteiger partial charge in [0.15, 0.2) is 12.4 Å². The molecule has 0 aliphatic rings. The maximum atomic E-state index is 12.5. The SMILES string of the molecule is CCN(CC)S(=O)(=O)c1ccc(C(=O)OCc2ncc(-c3ccccc3)o2)cc1. The molecule has 0 amide bonds. The maximum absolute atomic E-state index is 12.5. The zero-order chi connectivity index (χ0) is 20.9. The minimum atomic E-state index is -3.57. The van der Waals surface area contributed by atoms with Gasteiger partial charge in [0.25, 0.3) is 0 Å². The zero-order valence-electron chi connectivity index (χ0n) is 16.2. The van der Waals surface area contributed by atoms with Crippen molar-refractivity contribution in [3.05, 3.63) is 72.2 Å². The second-order valence-corrected chi connectivity index (χ2v) is 8.11. The molecular formula is C21H22N2O5S. The number of esters is 1. The van der Waals surface area contributed by atoms with E-state index in [-0.39, 0.29) is 23.0 Å². The van der Waals surface area contributed by atoms with Crippen molar-refractivity contribution in [3.63, 3.8) is 0 Å². The van der Waals surface area contributed by atoms with Crippen molar-refractivity contribution in [1.82, 2.24) is 9.29 Å². The fourth-order valence-corrected chi connectivity index (χ4v) is 4.26. The van der Waals surface area contributed by atoms with E-state index in [4.69, 9.17) is 9.15 Å². The first-order chi connectivity index (χ1) is 14.0. The van der Waals surface area contributed by atoms with Crippen LogP contribution in [0.2, 0.25) is 0 Å². The third-order valence-corrected chi connectivity index (χ3v) is 6.44. The average molecular weight is 414 g/mol. The van der Waals surface area contributed by atoms with Gasteiger partial charge in [-0.2, -0.15) is 4.31 Å². The molecule has 2 aromatic carbocycles. The Morgan fingerprint density at radius 1 is 1.03 bits per heavy atom. The van der Waals surface area contributed by atoms with E-state index in [2.05, 4.69) is 4.98 Å². The number of benzene rings is 2. The Balaban J connectivity index is 1.64. The lowest BCUT2D eigenvalue weighted by molar-refractivity contribution is 0.0439. The van der Waals surface area contributed by atoms with Crippen LogP contribution in [0.15, 0.2) is 70.1 Å². The van der Waals surface area contributed by atoms with Crippen LogP contribution >= 0.6 is 0 Å². The van der Waals surface area contributed by atoms with E-state index >= 15 is 0 Å². The number of carbonyl (C=O) groups is 1. The van der Waals surface area contributed by atoms with Crippen LogP contribution in [-0.4, -0.2) is 36.8 Å². The number of oxazole rings is 1. The monoisotopic (exact) mass is 414 g/mol. The fourth-order valence-electron chi connectivity index (χ4n) is 2.80. The predicted molar refractivity (Wildman–Crippen MR) is 108 cm³/mol. The molecule has 0 saturated heterocycles. The Kier molecular flexibility index (Phi) is 6.46. The van der Waals surface area contributed by atoms with Gasteiger partial charge in [-0.25, -0.2) is 18.2 Å². The normalized spacial score (nSPS) is 11.6. The molecule has 7 nitrogen and oxygen atoms in total. The van der Waals surface area contributed by atoms with Gasteiger partial charge in [-0.15, -0.1) is 0 Å². The molecule has 0 aliphatic carbocycles. The molecule has 0 bridgehead atoms. The van der Waals surface area contributed by atoms with Crippen molar-refractivity contribution in [1.29, 1.82) is 0 Å². The van der Waals surface area contributed by atoms with Crippen molar-refractivity contribution in [2.75, 3.05) is 13.1 Å². The van der Waals surface area contributed by atoms with Crippen LogP contribution in [0, 0.1) is 0 Å². The number of hydrogen-bond acceptors (Lipinski definition) is 6. The van der Waals surface area contributed by atoms with Crippen LogP contribution in [-0.2, 0) is 21.4 Å². The third-order valence-electron chi connectivity index (χ3n) is 4.37. The summed E-state index contributed by atoms with van der Waals surface area (Å²) >= 11 is 0. The molecule has 0 atom stereocenters. The number of nitrogens with zero attached hydrogens (tertiary/aromatic N) is 2. The molecule has 0 saturated carbocycles. The molecular weight excluding hydrogens is 392 g/mol. The number of aromatic nitrogens is 1. The third kappa shape index (κ3) is 4.72. The summed E-state index contributed by atoms with van der Waals surface area (Å²) in [7, 11) is -3.57. The van der Waals surface area contributed by atoms with Gasteiger partial charge in [0.1, 0.15) is 0 Å². The van der Waals surface area contributed by atoms with E-state index in [1.165, 1.54) is 28.6 Å². The summed E-state index contributed by atoms with van der Waals surface area (Å²) in [6.07, 6.45) is 1.57. The van der Waals surface area contributed by atoms with Gasteiger partial charge < -0.3 is 9.15 Å². The predicted octanol–water partition coefficient (Wildman–Crippen LogP) is 3.73. The van der Waals surface area contributed by atoms with Crippen LogP contribution in [0.25, 0.3) is 11.3 Å². The van der Waals surface area contributed by atoms with Crippen molar-refractivity contribution in [2.45, 2.75) is 25.3 Å². The number of hydrogen-bond donors (Lipinski definition) is 0. The first kappa shape index (κ1) is 20.8. The summed E-state index contributed by atoms with van der Waals surface area (Å²) in [6, 6.07) is 15.2. The smallest absolute Gasteiger partial charge is 0.338 e. The van der Waals surface area contributed by atoms with Gasteiger partial charge in [-0.05, 0) is 24.3 Å². The van der Waals surface area contributed by atoms with Gasteiger partial charge >= 0.3 is 5.97 Å². The standard InChI is InChI=1S/C21H22N2O5S/c1-3-23(4-2)29(25,26)18-12-10-17(11-13-18)21(24)27-15-20-22-14-19(28-20)16-8-6-5-7-9-16/h5-14H,3-4,15H2,1-2H3. The van der Waals surface area contributed by atoms with Gasteiger partial charge in [0.05, 0.1) is 16.7 Å². The molecule has 1 heterocycles. The summed E-state index contributed by atoms with van der Waals surface area (Å²) in [6.45, 7) is 4.19. The molecule has 152 valence electrons. The Morgan fingerprint density at radius 3 is 2.31 bits per heavy atom. The van der Waals surface area contributed by atoms with Crippen molar-refractivity contribution in [2.24, 2.45) is 0 Å². The van der Waals surface area contributed by atoms with Crippen LogP contribution < -0.4 is 0 Å². The van der Waals surface area contributed by atoms with Gasteiger partial charge in [0, 0.05) is 18.7 Å². The first-order valence-electron chi connectivity index (χ1n) is 9.23. The topological polar surface area (TPSA) is 89.7 Å². The second kappa shape index (κ2) is 9.02. The lowest BCUT2D eigenvalue weighted by Gasteiger charge is -2.18. The minimum absolute atomic E-state index is 0.120. The fraction of sp³-hybridized carbons (Fsp3) is 0.238. The van der Waals surface area contributed by atoms with Crippen LogP contribution in [0.3, 0.4) is 0 Å². The van der Waals surface area contributed by atoms with Crippen LogP contribution in [0.1, 0.15) is 30.1 Å². The van der Waals surface area contributed by atoms with E-state index in [9.17, 15) is 13.2 Å². The van der Waals surface area contributed by atoms with Crippen LogP contribution in [0.4, 0.5) is 0 Å². The molecule has 1 aromatic heterocycles. The number of carbonyl (C=O) groups excluding carboxylic acids is 1. The maximum Gasteiger partial charge on any atom is 0.338 e. The van der Waals surface area contributed by atoms with E-state index in [0.717, 1.165) is 5.56 Å². The van der Waals surface area contributed by atoms with Crippen molar-refractivity contribution in [3.8, 4) is 11.3 Å². The van der Waals surface area contributed by atoms with Crippen molar-refractivity contribution < 1.29 is 22.4 Å². The molecule has 8 heteroatoms. The van der Waals surface area contributed by atoms with E-state index < -0.39 is 16.0 Å². The molecule has 0 spiro atoms. The van der Waals surface area contributed by atoms with Gasteiger partial charge in [-0.1, -0.05) is 44.2 Å². The highest BCUT2D eigenvalue weighted by Gasteiger charge is 2.22. The van der Waals surface area contributed by atoms with E-state index in [1.54, 1.807) is 20.0 Å². The molecule has 0 aliphatic heterocycles. The zero-order valence-corrected chi connectivity index (χ0v) is 17.1. The Morgan fingerprint density at radius 2 is 1.69 bits per heavy atom. The molecule has 29 heavy (non-hydrogen) atoms. The van der Waals surface area contributed by atoms with Crippen molar-refractivity contribution >= 4 is 16.0 Å².